The molecule has 1 N–H and O–H groups in total. The third-order valence-corrected chi connectivity index (χ3v) is 4.43. The van der Waals surface area contributed by atoms with Crippen molar-refractivity contribution in [2.24, 2.45) is 5.92 Å². The molecule has 1 aromatic heterocycles. The van der Waals surface area contributed by atoms with Crippen LogP contribution in [0.2, 0.25) is 0 Å². The highest BCUT2D eigenvalue weighted by Gasteiger charge is 2.30. The topological polar surface area (TPSA) is 33.1 Å². The molecule has 0 aliphatic carbocycles. The van der Waals surface area contributed by atoms with Crippen LogP contribution in [0.3, 0.4) is 0 Å². The summed E-state index contributed by atoms with van der Waals surface area (Å²) in [5, 5.41) is 3.68. The van der Waals surface area contributed by atoms with Crippen molar-refractivity contribution in [1.82, 2.24) is 19.8 Å². The highest BCUT2D eigenvalue weighted by Crippen LogP contribution is 2.24. The molecule has 4 heteroatoms. The normalized spacial score (nSPS) is 29.1. The van der Waals surface area contributed by atoms with E-state index in [1.54, 1.807) is 0 Å². The largest absolute Gasteiger partial charge is 0.337 e. The summed E-state index contributed by atoms with van der Waals surface area (Å²) in [6.45, 7) is 6.16. The molecule has 2 atom stereocenters. The van der Waals surface area contributed by atoms with Gasteiger partial charge in [0.25, 0.3) is 0 Å². The first-order chi connectivity index (χ1) is 8.92. The van der Waals surface area contributed by atoms with E-state index in [0.717, 1.165) is 18.5 Å². The standard InChI is InChI=1S/C14H24N4/c1-3-13-11-17(9-4-14(13)16-5-1)7-2-8-18-10-6-15-12-18/h6,10,12-14,16H,1-5,7-9,11H2. The van der Waals surface area contributed by atoms with Gasteiger partial charge in [-0.05, 0) is 51.2 Å². The molecule has 0 amide bonds. The molecule has 1 aromatic rings. The summed E-state index contributed by atoms with van der Waals surface area (Å²) in [5.41, 5.74) is 0. The molecule has 0 bridgehead atoms. The second kappa shape index (κ2) is 5.85. The Bertz CT molecular complexity index is 349. The van der Waals surface area contributed by atoms with Crippen LogP contribution >= 0.6 is 0 Å². The van der Waals surface area contributed by atoms with Crippen LogP contribution in [0.1, 0.15) is 25.7 Å². The molecule has 2 unspecified atom stereocenters. The van der Waals surface area contributed by atoms with Crippen molar-refractivity contribution in [2.75, 3.05) is 26.2 Å². The number of hydrogen-bond donors (Lipinski definition) is 1. The summed E-state index contributed by atoms with van der Waals surface area (Å²) in [4.78, 5) is 6.74. The number of fused-ring (bicyclic) bond motifs is 1. The van der Waals surface area contributed by atoms with E-state index in [2.05, 4.69) is 26.0 Å². The van der Waals surface area contributed by atoms with Crippen LogP contribution in [0.25, 0.3) is 0 Å². The van der Waals surface area contributed by atoms with Gasteiger partial charge < -0.3 is 14.8 Å². The molecule has 0 radical (unpaired) electrons. The summed E-state index contributed by atoms with van der Waals surface area (Å²) >= 11 is 0. The van der Waals surface area contributed by atoms with Crippen molar-refractivity contribution in [2.45, 2.75) is 38.3 Å². The fourth-order valence-corrected chi connectivity index (χ4v) is 3.42. The molecule has 3 heterocycles. The zero-order chi connectivity index (χ0) is 12.2. The van der Waals surface area contributed by atoms with Gasteiger partial charge in [-0.25, -0.2) is 4.98 Å². The van der Waals surface area contributed by atoms with Crippen molar-refractivity contribution in [3.63, 3.8) is 0 Å². The van der Waals surface area contributed by atoms with Gasteiger partial charge in [-0.1, -0.05) is 0 Å². The molecule has 2 aliphatic heterocycles. The van der Waals surface area contributed by atoms with Crippen LogP contribution in [-0.2, 0) is 6.54 Å². The predicted octanol–water partition coefficient (Wildman–Crippen LogP) is 1.35. The minimum Gasteiger partial charge on any atom is -0.337 e. The van der Waals surface area contributed by atoms with Crippen molar-refractivity contribution >= 4 is 0 Å². The highest BCUT2D eigenvalue weighted by molar-refractivity contribution is 4.88. The van der Waals surface area contributed by atoms with E-state index >= 15 is 0 Å². The molecule has 100 valence electrons. The van der Waals surface area contributed by atoms with Gasteiger partial charge in [0.1, 0.15) is 0 Å². The highest BCUT2D eigenvalue weighted by atomic mass is 15.2. The van der Waals surface area contributed by atoms with E-state index in [-0.39, 0.29) is 0 Å². The van der Waals surface area contributed by atoms with Crippen LogP contribution in [0.5, 0.6) is 0 Å². The summed E-state index contributed by atoms with van der Waals surface area (Å²) < 4.78 is 2.18. The number of rotatable bonds is 4. The zero-order valence-corrected chi connectivity index (χ0v) is 11.1. The predicted molar refractivity (Wildman–Crippen MR) is 72.4 cm³/mol. The molecule has 2 aliphatic rings. The Labute approximate surface area is 109 Å². The molecule has 0 saturated carbocycles. The second-order valence-electron chi connectivity index (χ2n) is 5.71. The van der Waals surface area contributed by atoms with E-state index < -0.39 is 0 Å². The minimum atomic E-state index is 0.809. The number of hydrogen-bond acceptors (Lipinski definition) is 3. The third-order valence-electron chi connectivity index (χ3n) is 4.43. The Morgan fingerprint density at radius 2 is 2.28 bits per heavy atom. The number of nitrogens with one attached hydrogen (secondary N) is 1. The summed E-state index contributed by atoms with van der Waals surface area (Å²) in [6, 6.07) is 0.809. The van der Waals surface area contributed by atoms with Gasteiger partial charge in [-0.15, -0.1) is 0 Å². The van der Waals surface area contributed by atoms with Gasteiger partial charge in [-0.2, -0.15) is 0 Å². The van der Waals surface area contributed by atoms with E-state index in [1.807, 2.05) is 12.5 Å². The number of aryl methyl sites for hydroxylation is 1. The maximum atomic E-state index is 4.08. The number of piperidine rings is 2. The number of likely N-dealkylation sites (tertiary alicyclic amines) is 1. The maximum Gasteiger partial charge on any atom is 0.0945 e. The van der Waals surface area contributed by atoms with Crippen molar-refractivity contribution in [1.29, 1.82) is 0 Å². The number of aromatic nitrogens is 2. The summed E-state index contributed by atoms with van der Waals surface area (Å²) in [5.74, 6) is 0.903. The Morgan fingerprint density at radius 3 is 3.17 bits per heavy atom. The molecular weight excluding hydrogens is 224 g/mol. The van der Waals surface area contributed by atoms with E-state index in [0.29, 0.717) is 0 Å². The molecule has 2 fully saturated rings. The average Bonchev–Trinajstić information content (AvgIpc) is 2.92. The van der Waals surface area contributed by atoms with Gasteiger partial charge in [-0.3, -0.25) is 0 Å². The number of nitrogens with zero attached hydrogens (tertiary/aromatic N) is 3. The second-order valence-corrected chi connectivity index (χ2v) is 5.71. The smallest absolute Gasteiger partial charge is 0.0945 e. The van der Waals surface area contributed by atoms with E-state index in [4.69, 9.17) is 0 Å². The summed E-state index contributed by atoms with van der Waals surface area (Å²) in [6.07, 6.45) is 11.2. The van der Waals surface area contributed by atoms with Gasteiger partial charge in [0.05, 0.1) is 6.33 Å². The van der Waals surface area contributed by atoms with E-state index in [9.17, 15) is 0 Å². The van der Waals surface area contributed by atoms with Crippen molar-refractivity contribution in [3.8, 4) is 0 Å². The first kappa shape index (κ1) is 12.2. The molecule has 2 saturated heterocycles. The van der Waals surface area contributed by atoms with Crippen LogP contribution in [0.4, 0.5) is 0 Å². The van der Waals surface area contributed by atoms with Gasteiger partial charge >= 0.3 is 0 Å². The number of imidazole rings is 1. The first-order valence-electron chi connectivity index (χ1n) is 7.33. The lowest BCUT2D eigenvalue weighted by Gasteiger charge is -2.41. The molecule has 18 heavy (non-hydrogen) atoms. The van der Waals surface area contributed by atoms with Gasteiger partial charge in [0.15, 0.2) is 0 Å². The summed E-state index contributed by atoms with van der Waals surface area (Å²) in [7, 11) is 0. The monoisotopic (exact) mass is 248 g/mol. The molecular formula is C14H24N4. The third kappa shape index (κ3) is 2.93. The molecule has 4 nitrogen and oxygen atoms in total. The van der Waals surface area contributed by atoms with Crippen LogP contribution in [0.15, 0.2) is 18.7 Å². The average molecular weight is 248 g/mol. The van der Waals surface area contributed by atoms with Crippen LogP contribution < -0.4 is 5.32 Å². The fourth-order valence-electron chi connectivity index (χ4n) is 3.42. The Kier molecular flexibility index (Phi) is 3.96. The Morgan fingerprint density at radius 1 is 1.28 bits per heavy atom. The molecule has 0 spiro atoms. The van der Waals surface area contributed by atoms with Crippen molar-refractivity contribution < 1.29 is 0 Å². The van der Waals surface area contributed by atoms with Crippen LogP contribution in [-0.4, -0.2) is 46.7 Å². The van der Waals surface area contributed by atoms with E-state index in [1.165, 1.54) is 51.9 Å². The lowest BCUT2D eigenvalue weighted by atomic mass is 9.85. The molecule has 0 aromatic carbocycles. The Hall–Kier alpha value is -0.870. The first-order valence-corrected chi connectivity index (χ1v) is 7.33. The Balaban J connectivity index is 1.41. The lowest BCUT2D eigenvalue weighted by Crippen LogP contribution is -2.52. The van der Waals surface area contributed by atoms with Crippen molar-refractivity contribution in [3.05, 3.63) is 18.7 Å². The van der Waals surface area contributed by atoms with Gasteiger partial charge in [0.2, 0.25) is 0 Å². The SMILES string of the molecule is c1cn(CCCN2CCC3NCCCC3C2)cn1. The maximum absolute atomic E-state index is 4.08. The van der Waals surface area contributed by atoms with Gasteiger partial charge in [0, 0.05) is 31.5 Å². The zero-order valence-electron chi connectivity index (χ0n) is 11.1. The lowest BCUT2D eigenvalue weighted by molar-refractivity contribution is 0.112. The minimum absolute atomic E-state index is 0.809. The fraction of sp³-hybridized carbons (Fsp3) is 0.786. The van der Waals surface area contributed by atoms with Crippen LogP contribution in [0, 0.1) is 5.92 Å². The quantitative estimate of drug-likeness (QED) is 0.873. The molecule has 3 rings (SSSR count).